The molecule has 2 aliphatic heterocycles. The number of nitrogens with zero attached hydrogens (tertiary/aromatic N) is 4. The topological polar surface area (TPSA) is 118 Å². The van der Waals surface area contributed by atoms with Crippen molar-refractivity contribution in [2.45, 2.75) is 18.6 Å². The first-order valence-corrected chi connectivity index (χ1v) is 11.3. The molecular weight excluding hydrogens is 499 g/mol. The van der Waals surface area contributed by atoms with E-state index in [0.29, 0.717) is 42.0 Å². The van der Waals surface area contributed by atoms with E-state index in [1.54, 1.807) is 19.3 Å². The Balaban J connectivity index is 1.62. The van der Waals surface area contributed by atoms with Crippen LogP contribution in [0.3, 0.4) is 0 Å². The minimum Gasteiger partial charge on any atom is -0.495 e. The fourth-order valence-electron chi connectivity index (χ4n) is 3.91. The SMILES string of the molecule is C=CC(=O)NC1COC[C@@H]1Nc1ncc2c(n1)N(C)C(=O)N(c1c(Cl)c(OC)cc(OC)c1Cl)C2. The van der Waals surface area contributed by atoms with Gasteiger partial charge in [0.25, 0.3) is 0 Å². The third kappa shape index (κ3) is 4.66. The zero-order chi connectivity index (χ0) is 25.3. The summed E-state index contributed by atoms with van der Waals surface area (Å²) in [6.07, 6.45) is 2.82. The molecule has 2 atom stereocenters. The molecule has 1 fully saturated rings. The molecule has 13 heteroatoms. The number of carbonyl (C=O) groups excluding carboxylic acids is 2. The Kier molecular flexibility index (Phi) is 7.20. The van der Waals surface area contributed by atoms with Gasteiger partial charge in [0.05, 0.1) is 51.7 Å². The largest absolute Gasteiger partial charge is 0.495 e. The molecule has 11 nitrogen and oxygen atoms in total. The van der Waals surface area contributed by atoms with Gasteiger partial charge in [-0.15, -0.1) is 0 Å². The first-order chi connectivity index (χ1) is 16.8. The Bertz CT molecular complexity index is 1150. The van der Waals surface area contributed by atoms with Gasteiger partial charge in [0.2, 0.25) is 11.9 Å². The van der Waals surface area contributed by atoms with Crippen molar-refractivity contribution >= 4 is 52.6 Å². The van der Waals surface area contributed by atoms with Crippen LogP contribution in [0, 0.1) is 0 Å². The van der Waals surface area contributed by atoms with Crippen molar-refractivity contribution in [1.29, 1.82) is 0 Å². The number of carbonyl (C=O) groups is 2. The van der Waals surface area contributed by atoms with Crippen LogP contribution in [0.5, 0.6) is 11.5 Å². The van der Waals surface area contributed by atoms with Crippen molar-refractivity contribution in [3.63, 3.8) is 0 Å². The van der Waals surface area contributed by atoms with Crippen LogP contribution in [0.25, 0.3) is 0 Å². The van der Waals surface area contributed by atoms with E-state index in [1.807, 2.05) is 0 Å². The third-order valence-corrected chi connectivity index (χ3v) is 6.46. The monoisotopic (exact) mass is 522 g/mol. The number of nitrogens with one attached hydrogen (secondary N) is 2. The fraction of sp³-hybridized carbons (Fsp3) is 0.364. The normalized spacial score (nSPS) is 19.3. The van der Waals surface area contributed by atoms with Gasteiger partial charge in [-0.3, -0.25) is 14.6 Å². The summed E-state index contributed by atoms with van der Waals surface area (Å²) in [4.78, 5) is 36.8. The molecule has 0 spiro atoms. The molecule has 3 amide bonds. The number of hydrogen-bond donors (Lipinski definition) is 2. The van der Waals surface area contributed by atoms with Crippen molar-refractivity contribution in [1.82, 2.24) is 15.3 Å². The van der Waals surface area contributed by atoms with Gasteiger partial charge in [-0.1, -0.05) is 29.8 Å². The Morgan fingerprint density at radius 3 is 2.51 bits per heavy atom. The summed E-state index contributed by atoms with van der Waals surface area (Å²) in [6.45, 7) is 4.30. The maximum absolute atomic E-state index is 13.3. The van der Waals surface area contributed by atoms with Crippen molar-refractivity contribution in [2.24, 2.45) is 0 Å². The van der Waals surface area contributed by atoms with Crippen molar-refractivity contribution < 1.29 is 23.8 Å². The number of rotatable bonds is 7. The van der Waals surface area contributed by atoms with Gasteiger partial charge in [-0.2, -0.15) is 4.98 Å². The van der Waals surface area contributed by atoms with Crippen LogP contribution >= 0.6 is 23.2 Å². The lowest BCUT2D eigenvalue weighted by molar-refractivity contribution is -0.117. The predicted molar refractivity (Wildman–Crippen MR) is 132 cm³/mol. The predicted octanol–water partition coefficient (Wildman–Crippen LogP) is 2.86. The van der Waals surface area contributed by atoms with E-state index in [1.165, 1.54) is 30.1 Å². The van der Waals surface area contributed by atoms with Crippen LogP contribution in [0.4, 0.5) is 22.2 Å². The lowest BCUT2D eigenvalue weighted by Crippen LogP contribution is -2.47. The number of ether oxygens (including phenoxy) is 3. The highest BCUT2D eigenvalue weighted by atomic mass is 35.5. The summed E-state index contributed by atoms with van der Waals surface area (Å²) < 4.78 is 16.1. The van der Waals surface area contributed by atoms with Gasteiger partial charge in [0, 0.05) is 24.9 Å². The molecule has 1 unspecified atom stereocenters. The molecule has 2 aliphatic rings. The molecule has 1 aromatic heterocycles. The molecule has 35 heavy (non-hydrogen) atoms. The van der Waals surface area contributed by atoms with E-state index in [-0.39, 0.29) is 40.3 Å². The number of halogens is 2. The van der Waals surface area contributed by atoms with Crippen molar-refractivity contribution in [3.8, 4) is 11.5 Å². The summed E-state index contributed by atoms with van der Waals surface area (Å²) in [5.74, 6) is 1.06. The van der Waals surface area contributed by atoms with Gasteiger partial charge in [0.1, 0.15) is 27.4 Å². The summed E-state index contributed by atoms with van der Waals surface area (Å²) in [7, 11) is 4.51. The van der Waals surface area contributed by atoms with Crippen LogP contribution in [-0.4, -0.2) is 68.5 Å². The van der Waals surface area contributed by atoms with Crippen LogP contribution in [-0.2, 0) is 16.1 Å². The number of hydrogen-bond acceptors (Lipinski definition) is 8. The number of methoxy groups -OCH3 is 2. The van der Waals surface area contributed by atoms with Crippen molar-refractivity contribution in [3.05, 3.63) is 40.5 Å². The van der Waals surface area contributed by atoms with E-state index in [2.05, 4.69) is 27.2 Å². The molecule has 2 aromatic rings. The molecule has 0 bridgehead atoms. The molecule has 186 valence electrons. The minimum atomic E-state index is -0.401. The number of amides is 3. The number of urea groups is 1. The molecule has 1 saturated heterocycles. The minimum absolute atomic E-state index is 0.124. The zero-order valence-electron chi connectivity index (χ0n) is 19.3. The van der Waals surface area contributed by atoms with E-state index < -0.39 is 6.03 Å². The smallest absolute Gasteiger partial charge is 0.330 e. The third-order valence-electron chi connectivity index (χ3n) is 5.73. The molecule has 0 radical (unpaired) electrons. The Labute approximate surface area is 211 Å². The maximum atomic E-state index is 13.3. The summed E-state index contributed by atoms with van der Waals surface area (Å²) >= 11 is 13.1. The Hall–Kier alpha value is -3.28. The zero-order valence-corrected chi connectivity index (χ0v) is 20.8. The second-order valence-electron chi connectivity index (χ2n) is 7.84. The average molecular weight is 523 g/mol. The van der Waals surface area contributed by atoms with Crippen molar-refractivity contribution in [2.75, 3.05) is 49.6 Å². The number of benzene rings is 1. The van der Waals surface area contributed by atoms with Gasteiger partial charge in [0.15, 0.2) is 0 Å². The van der Waals surface area contributed by atoms with Gasteiger partial charge >= 0.3 is 6.03 Å². The molecule has 2 N–H and O–H groups in total. The Morgan fingerprint density at radius 2 is 1.89 bits per heavy atom. The van der Waals surface area contributed by atoms with Gasteiger partial charge < -0.3 is 24.8 Å². The van der Waals surface area contributed by atoms with Crippen LogP contribution in [0.15, 0.2) is 24.9 Å². The lowest BCUT2D eigenvalue weighted by Gasteiger charge is -2.35. The van der Waals surface area contributed by atoms with Gasteiger partial charge in [-0.05, 0) is 6.08 Å². The second-order valence-corrected chi connectivity index (χ2v) is 8.59. The quantitative estimate of drug-likeness (QED) is 0.533. The number of aromatic nitrogens is 2. The second kappa shape index (κ2) is 10.1. The van der Waals surface area contributed by atoms with Crippen LogP contribution in [0.2, 0.25) is 10.0 Å². The van der Waals surface area contributed by atoms with Gasteiger partial charge in [-0.25, -0.2) is 9.78 Å². The van der Waals surface area contributed by atoms with E-state index in [0.717, 1.165) is 0 Å². The summed E-state index contributed by atoms with van der Waals surface area (Å²) in [6, 6.07) is 0.627. The molecule has 4 rings (SSSR count). The molecule has 1 aromatic carbocycles. The van der Waals surface area contributed by atoms with Crippen LogP contribution in [0.1, 0.15) is 5.56 Å². The molecule has 0 aliphatic carbocycles. The Morgan fingerprint density at radius 1 is 1.23 bits per heavy atom. The summed E-state index contributed by atoms with van der Waals surface area (Å²) in [5.41, 5.74) is 0.934. The first kappa shape index (κ1) is 24.8. The highest BCUT2D eigenvalue weighted by Gasteiger charge is 2.35. The lowest BCUT2D eigenvalue weighted by atomic mass is 10.1. The average Bonchev–Trinajstić information content (AvgIpc) is 3.28. The molecule has 3 heterocycles. The van der Waals surface area contributed by atoms with E-state index in [4.69, 9.17) is 37.4 Å². The molecular formula is C22H24Cl2N6O5. The number of anilines is 3. The van der Waals surface area contributed by atoms with E-state index >= 15 is 0 Å². The standard InChI is InChI=1S/C22H24Cl2N6O5/c1-5-16(31)26-12-9-35-10-13(12)27-21-25-7-11-8-30(22(32)29(2)20(11)28-21)19-17(23)14(33-3)6-15(34-4)18(19)24/h5-7,12-13H,1,8-10H2,2-4H3,(H,26,31)(H,25,27,28)/t12?,13-/m0/s1. The highest BCUT2D eigenvalue weighted by Crippen LogP contribution is 2.47. The fourth-order valence-corrected chi connectivity index (χ4v) is 4.61. The van der Waals surface area contributed by atoms with E-state index in [9.17, 15) is 9.59 Å². The summed E-state index contributed by atoms with van der Waals surface area (Å²) in [5, 5.41) is 6.34. The molecule has 0 saturated carbocycles. The number of fused-ring (bicyclic) bond motifs is 1. The van der Waals surface area contributed by atoms with Crippen LogP contribution < -0.4 is 29.9 Å². The maximum Gasteiger partial charge on any atom is 0.330 e. The highest BCUT2D eigenvalue weighted by molar-refractivity contribution is 6.42. The first-order valence-electron chi connectivity index (χ1n) is 10.6.